The Morgan fingerprint density at radius 3 is 2.54 bits per heavy atom. The SMILES string of the molecule is CSCC[C@H](N)C(=O)N1CCC[C@H]1C(=O)N[C@@H](CC(=O)O)C(=O)O. The minimum absolute atomic E-state index is 0.341. The van der Waals surface area contributed by atoms with Gasteiger partial charge in [0.05, 0.1) is 12.5 Å². The van der Waals surface area contributed by atoms with Crippen LogP contribution in [0.4, 0.5) is 0 Å². The van der Waals surface area contributed by atoms with Gasteiger partial charge in [-0.3, -0.25) is 14.4 Å². The zero-order valence-corrected chi connectivity index (χ0v) is 14.3. The quantitative estimate of drug-likeness (QED) is 0.413. The van der Waals surface area contributed by atoms with Crippen LogP contribution >= 0.6 is 11.8 Å². The van der Waals surface area contributed by atoms with E-state index in [1.165, 1.54) is 4.90 Å². The molecule has 5 N–H and O–H groups in total. The first-order valence-corrected chi connectivity index (χ1v) is 8.97. The summed E-state index contributed by atoms with van der Waals surface area (Å²) in [5, 5.41) is 19.9. The molecule has 3 atom stereocenters. The van der Waals surface area contributed by atoms with Crippen LogP contribution in [0.1, 0.15) is 25.7 Å². The van der Waals surface area contributed by atoms with Crippen molar-refractivity contribution in [2.24, 2.45) is 5.73 Å². The zero-order valence-electron chi connectivity index (χ0n) is 13.4. The largest absolute Gasteiger partial charge is 0.481 e. The summed E-state index contributed by atoms with van der Waals surface area (Å²) in [7, 11) is 0. The summed E-state index contributed by atoms with van der Waals surface area (Å²) in [6.45, 7) is 0.376. The summed E-state index contributed by atoms with van der Waals surface area (Å²) in [4.78, 5) is 47.7. The van der Waals surface area contributed by atoms with Gasteiger partial charge in [0, 0.05) is 6.54 Å². The van der Waals surface area contributed by atoms with Crippen LogP contribution in [0.15, 0.2) is 0 Å². The van der Waals surface area contributed by atoms with Crippen molar-refractivity contribution in [2.75, 3.05) is 18.6 Å². The number of rotatable bonds is 9. The number of amides is 2. The molecule has 1 aliphatic rings. The molecule has 1 fully saturated rings. The van der Waals surface area contributed by atoms with Gasteiger partial charge in [0.15, 0.2) is 0 Å². The Hall–Kier alpha value is -1.81. The lowest BCUT2D eigenvalue weighted by Crippen LogP contribution is -2.54. The fourth-order valence-corrected chi connectivity index (χ4v) is 3.02. The number of nitrogens with two attached hydrogens (primary N) is 1. The van der Waals surface area contributed by atoms with E-state index in [0.29, 0.717) is 25.8 Å². The molecule has 0 bridgehead atoms. The monoisotopic (exact) mass is 361 g/mol. The Morgan fingerprint density at radius 1 is 1.33 bits per heavy atom. The second-order valence-electron chi connectivity index (χ2n) is 5.57. The summed E-state index contributed by atoms with van der Waals surface area (Å²) in [6, 6.07) is -3.05. The van der Waals surface area contributed by atoms with Crippen molar-refractivity contribution in [3.8, 4) is 0 Å². The molecular formula is C14H23N3O6S. The van der Waals surface area contributed by atoms with Crippen LogP contribution in [0.3, 0.4) is 0 Å². The van der Waals surface area contributed by atoms with E-state index >= 15 is 0 Å². The van der Waals surface area contributed by atoms with E-state index in [1.807, 2.05) is 6.26 Å². The Bertz CT molecular complexity index is 501. The van der Waals surface area contributed by atoms with Gasteiger partial charge < -0.3 is 26.2 Å². The molecular weight excluding hydrogens is 338 g/mol. The van der Waals surface area contributed by atoms with Crippen LogP contribution in [-0.2, 0) is 19.2 Å². The van der Waals surface area contributed by atoms with E-state index in [4.69, 9.17) is 15.9 Å². The van der Waals surface area contributed by atoms with Gasteiger partial charge in [-0.1, -0.05) is 0 Å². The third-order valence-corrected chi connectivity index (χ3v) is 4.43. The standard InChI is InChI=1S/C14H23N3O6S/c1-24-6-4-8(15)13(21)17-5-2-3-10(17)12(20)16-9(14(22)23)7-11(18)19/h8-10H,2-7,15H2,1H3,(H,16,20)(H,18,19)(H,22,23)/t8-,9-,10-/m0/s1. The molecule has 2 amide bonds. The summed E-state index contributed by atoms with van der Waals surface area (Å²) >= 11 is 1.56. The molecule has 9 nitrogen and oxygen atoms in total. The molecule has 24 heavy (non-hydrogen) atoms. The lowest BCUT2D eigenvalue weighted by Gasteiger charge is -2.27. The number of nitrogens with zero attached hydrogens (tertiary/aromatic N) is 1. The normalized spacial score (nSPS) is 19.6. The van der Waals surface area contributed by atoms with Gasteiger partial charge in [-0.15, -0.1) is 0 Å². The summed E-state index contributed by atoms with van der Waals surface area (Å²) < 4.78 is 0. The van der Waals surface area contributed by atoms with Crippen molar-refractivity contribution in [2.45, 2.75) is 43.8 Å². The average Bonchev–Trinajstić information content (AvgIpc) is 3.00. The first-order chi connectivity index (χ1) is 11.3. The summed E-state index contributed by atoms with van der Waals surface area (Å²) in [5.74, 6) is -3.05. The molecule has 0 aromatic rings. The number of hydrogen-bond donors (Lipinski definition) is 4. The summed E-state index contributed by atoms with van der Waals surface area (Å²) in [5.41, 5.74) is 5.85. The number of thioether (sulfide) groups is 1. The fraction of sp³-hybridized carbons (Fsp3) is 0.714. The van der Waals surface area contributed by atoms with Gasteiger partial charge in [0.25, 0.3) is 0 Å². The highest BCUT2D eigenvalue weighted by molar-refractivity contribution is 7.98. The Kier molecular flexibility index (Phi) is 7.99. The minimum Gasteiger partial charge on any atom is -0.481 e. The molecule has 1 heterocycles. The Balaban J connectivity index is 2.72. The fourth-order valence-electron chi connectivity index (χ4n) is 2.53. The van der Waals surface area contributed by atoms with Crippen molar-refractivity contribution in [1.82, 2.24) is 10.2 Å². The highest BCUT2D eigenvalue weighted by atomic mass is 32.2. The van der Waals surface area contributed by atoms with Crippen molar-refractivity contribution >= 4 is 35.5 Å². The molecule has 1 saturated heterocycles. The number of aliphatic carboxylic acids is 2. The second-order valence-corrected chi connectivity index (χ2v) is 6.56. The molecule has 0 saturated carbocycles. The zero-order chi connectivity index (χ0) is 18.3. The smallest absolute Gasteiger partial charge is 0.326 e. The van der Waals surface area contributed by atoms with Crippen molar-refractivity contribution in [3.05, 3.63) is 0 Å². The lowest BCUT2D eigenvalue weighted by molar-refractivity contribution is -0.148. The maximum absolute atomic E-state index is 12.4. The third kappa shape index (κ3) is 5.68. The number of likely N-dealkylation sites (tertiary alicyclic amines) is 1. The topological polar surface area (TPSA) is 150 Å². The number of nitrogens with one attached hydrogen (secondary N) is 1. The van der Waals surface area contributed by atoms with Crippen LogP contribution in [0.25, 0.3) is 0 Å². The van der Waals surface area contributed by atoms with Gasteiger partial charge >= 0.3 is 11.9 Å². The first-order valence-electron chi connectivity index (χ1n) is 7.57. The molecule has 0 spiro atoms. The highest BCUT2D eigenvalue weighted by Gasteiger charge is 2.37. The van der Waals surface area contributed by atoms with E-state index in [9.17, 15) is 19.2 Å². The van der Waals surface area contributed by atoms with Crippen LogP contribution in [0.2, 0.25) is 0 Å². The van der Waals surface area contributed by atoms with Crippen molar-refractivity contribution in [3.63, 3.8) is 0 Å². The molecule has 10 heteroatoms. The van der Waals surface area contributed by atoms with Crippen LogP contribution in [0.5, 0.6) is 0 Å². The second kappa shape index (κ2) is 9.48. The first kappa shape index (κ1) is 20.2. The molecule has 0 unspecified atom stereocenters. The van der Waals surface area contributed by atoms with Crippen LogP contribution in [-0.4, -0.2) is 75.5 Å². The van der Waals surface area contributed by atoms with Crippen LogP contribution < -0.4 is 11.1 Å². The highest BCUT2D eigenvalue weighted by Crippen LogP contribution is 2.19. The predicted molar refractivity (Wildman–Crippen MR) is 87.5 cm³/mol. The molecule has 136 valence electrons. The number of carbonyl (C=O) groups is 4. The Morgan fingerprint density at radius 2 is 2.00 bits per heavy atom. The lowest BCUT2D eigenvalue weighted by atomic mass is 10.1. The van der Waals surface area contributed by atoms with E-state index in [0.717, 1.165) is 5.75 Å². The van der Waals surface area contributed by atoms with Gasteiger partial charge in [-0.05, 0) is 31.3 Å². The van der Waals surface area contributed by atoms with E-state index in [2.05, 4.69) is 5.32 Å². The van der Waals surface area contributed by atoms with Gasteiger partial charge in [-0.25, -0.2) is 4.79 Å². The third-order valence-electron chi connectivity index (χ3n) is 3.78. The average molecular weight is 361 g/mol. The van der Waals surface area contributed by atoms with Crippen molar-refractivity contribution < 1.29 is 29.4 Å². The molecule has 0 aromatic carbocycles. The number of carboxylic acids is 2. The summed E-state index contributed by atoms with van der Waals surface area (Å²) in [6.07, 6.45) is 2.66. The van der Waals surface area contributed by atoms with E-state index in [-0.39, 0.29) is 5.91 Å². The Labute approximate surface area is 143 Å². The number of hydrogen-bond acceptors (Lipinski definition) is 6. The number of carbonyl (C=O) groups excluding carboxylic acids is 2. The van der Waals surface area contributed by atoms with Gasteiger partial charge in [-0.2, -0.15) is 11.8 Å². The van der Waals surface area contributed by atoms with E-state index < -0.39 is 42.4 Å². The van der Waals surface area contributed by atoms with Gasteiger partial charge in [0.1, 0.15) is 12.1 Å². The molecule has 1 aliphatic heterocycles. The van der Waals surface area contributed by atoms with Crippen LogP contribution in [0, 0.1) is 0 Å². The van der Waals surface area contributed by atoms with E-state index in [1.54, 1.807) is 11.8 Å². The molecule has 0 aliphatic carbocycles. The number of carboxylic acid groups (broad SMARTS) is 2. The van der Waals surface area contributed by atoms with Crippen molar-refractivity contribution in [1.29, 1.82) is 0 Å². The molecule has 0 radical (unpaired) electrons. The maximum Gasteiger partial charge on any atom is 0.326 e. The maximum atomic E-state index is 12.4. The van der Waals surface area contributed by atoms with Gasteiger partial charge in [0.2, 0.25) is 11.8 Å². The molecule has 1 rings (SSSR count). The minimum atomic E-state index is -1.53. The predicted octanol–water partition coefficient (Wildman–Crippen LogP) is -0.898. The molecule has 0 aromatic heterocycles.